The average Bonchev–Trinajstić information content (AvgIpc) is 2.85. The third-order valence-electron chi connectivity index (χ3n) is 6.42. The molecule has 10 nitrogen and oxygen atoms in total. The van der Waals surface area contributed by atoms with Gasteiger partial charge in [-0.25, -0.2) is 4.39 Å². The molecule has 0 aliphatic carbocycles. The Kier molecular flexibility index (Phi) is 7.11. The highest BCUT2D eigenvalue weighted by Gasteiger charge is 2.33. The number of nitro groups is 2. The van der Waals surface area contributed by atoms with Crippen molar-refractivity contribution in [1.82, 2.24) is 9.80 Å². The van der Waals surface area contributed by atoms with Gasteiger partial charge < -0.3 is 9.64 Å². The summed E-state index contributed by atoms with van der Waals surface area (Å²) >= 11 is 0. The smallest absolute Gasteiger partial charge is 0.318 e. The number of rotatable bonds is 7. The summed E-state index contributed by atoms with van der Waals surface area (Å²) in [6, 6.07) is 13.2. The SMILES string of the molecule is CC1CN(C(=O)COc2c([N+](=O)[O-])cc([N+](=O)[O-])c3ccccc23)C(C)CN1Cc1ccc(F)cc1. The number of carbonyl (C=O) groups is 1. The van der Waals surface area contributed by atoms with E-state index < -0.39 is 27.8 Å². The zero-order chi connectivity index (χ0) is 26.0. The predicted octanol–water partition coefficient (Wildman–Crippen LogP) is 4.30. The van der Waals surface area contributed by atoms with Gasteiger partial charge in [0.25, 0.3) is 11.6 Å². The molecule has 1 amide bonds. The van der Waals surface area contributed by atoms with Crippen LogP contribution < -0.4 is 4.74 Å². The van der Waals surface area contributed by atoms with E-state index in [1.807, 2.05) is 13.8 Å². The molecule has 0 radical (unpaired) electrons. The van der Waals surface area contributed by atoms with Gasteiger partial charge in [0.15, 0.2) is 6.61 Å². The molecule has 2 atom stereocenters. The van der Waals surface area contributed by atoms with E-state index in [1.54, 1.807) is 29.2 Å². The van der Waals surface area contributed by atoms with E-state index in [0.717, 1.165) is 11.6 Å². The summed E-state index contributed by atoms with van der Waals surface area (Å²) in [5.74, 6) is -0.811. The minimum Gasteiger partial charge on any atom is -0.476 e. The second-order valence-corrected chi connectivity index (χ2v) is 8.89. The molecule has 188 valence electrons. The quantitative estimate of drug-likeness (QED) is 0.353. The van der Waals surface area contributed by atoms with E-state index in [1.165, 1.54) is 24.3 Å². The van der Waals surface area contributed by atoms with Gasteiger partial charge in [-0.1, -0.05) is 30.3 Å². The molecule has 0 N–H and O–H groups in total. The number of ether oxygens (including phenoxy) is 1. The van der Waals surface area contributed by atoms with Gasteiger partial charge in [0.05, 0.1) is 21.3 Å². The van der Waals surface area contributed by atoms with Gasteiger partial charge in [-0.15, -0.1) is 0 Å². The Bertz CT molecular complexity index is 1320. The zero-order valence-electron chi connectivity index (χ0n) is 19.8. The lowest BCUT2D eigenvalue weighted by atomic mass is 10.1. The summed E-state index contributed by atoms with van der Waals surface area (Å²) in [6.07, 6.45) is 0. The Hall–Kier alpha value is -4.12. The molecule has 11 heteroatoms. The monoisotopic (exact) mass is 496 g/mol. The van der Waals surface area contributed by atoms with Crippen LogP contribution in [0.25, 0.3) is 10.8 Å². The number of halogens is 1. The van der Waals surface area contributed by atoms with Gasteiger partial charge in [0.2, 0.25) is 5.75 Å². The lowest BCUT2D eigenvalue weighted by Crippen LogP contribution is -2.58. The first-order valence-electron chi connectivity index (χ1n) is 11.4. The van der Waals surface area contributed by atoms with E-state index in [4.69, 9.17) is 4.74 Å². The van der Waals surface area contributed by atoms with Crippen LogP contribution in [0.2, 0.25) is 0 Å². The van der Waals surface area contributed by atoms with Crippen LogP contribution in [0.3, 0.4) is 0 Å². The Balaban J connectivity index is 1.50. The second-order valence-electron chi connectivity index (χ2n) is 8.89. The van der Waals surface area contributed by atoms with Crippen molar-refractivity contribution < 1.29 is 23.8 Å². The van der Waals surface area contributed by atoms with Gasteiger partial charge in [-0.3, -0.25) is 29.9 Å². The molecule has 0 bridgehead atoms. The summed E-state index contributed by atoms with van der Waals surface area (Å²) in [5, 5.41) is 23.5. The molecular weight excluding hydrogens is 471 g/mol. The first-order valence-corrected chi connectivity index (χ1v) is 11.4. The number of hydrogen-bond acceptors (Lipinski definition) is 7. The topological polar surface area (TPSA) is 119 Å². The lowest BCUT2D eigenvalue weighted by molar-refractivity contribution is -0.393. The van der Waals surface area contributed by atoms with Crippen LogP contribution in [0.4, 0.5) is 15.8 Å². The van der Waals surface area contributed by atoms with Gasteiger partial charge in [0.1, 0.15) is 5.82 Å². The van der Waals surface area contributed by atoms with Crippen molar-refractivity contribution in [1.29, 1.82) is 0 Å². The summed E-state index contributed by atoms with van der Waals surface area (Å²) in [5.41, 5.74) is -0.00893. The average molecular weight is 496 g/mol. The van der Waals surface area contributed by atoms with Crippen molar-refractivity contribution in [2.45, 2.75) is 32.5 Å². The highest BCUT2D eigenvalue weighted by Crippen LogP contribution is 2.41. The van der Waals surface area contributed by atoms with Crippen molar-refractivity contribution in [3.63, 3.8) is 0 Å². The molecule has 3 aromatic rings. The molecule has 0 aromatic heterocycles. The Morgan fingerprint density at radius 1 is 0.972 bits per heavy atom. The van der Waals surface area contributed by atoms with Crippen LogP contribution >= 0.6 is 0 Å². The van der Waals surface area contributed by atoms with Gasteiger partial charge in [0, 0.05) is 37.1 Å². The van der Waals surface area contributed by atoms with E-state index in [9.17, 15) is 29.4 Å². The van der Waals surface area contributed by atoms with Crippen LogP contribution in [0, 0.1) is 26.0 Å². The Morgan fingerprint density at radius 3 is 2.25 bits per heavy atom. The second kappa shape index (κ2) is 10.2. The van der Waals surface area contributed by atoms with Crippen LogP contribution in [0.1, 0.15) is 19.4 Å². The predicted molar refractivity (Wildman–Crippen MR) is 130 cm³/mol. The van der Waals surface area contributed by atoms with Gasteiger partial charge in [-0.2, -0.15) is 0 Å². The van der Waals surface area contributed by atoms with Crippen LogP contribution in [-0.2, 0) is 11.3 Å². The maximum Gasteiger partial charge on any atom is 0.318 e. The van der Waals surface area contributed by atoms with Gasteiger partial charge in [-0.05, 0) is 37.6 Å². The number of non-ortho nitro benzene ring substituents is 1. The Labute approximate surface area is 206 Å². The minimum absolute atomic E-state index is 0.0183. The number of nitro benzene ring substituents is 2. The van der Waals surface area contributed by atoms with Crippen molar-refractivity contribution >= 4 is 28.1 Å². The number of benzene rings is 3. The third-order valence-corrected chi connectivity index (χ3v) is 6.42. The summed E-state index contributed by atoms with van der Waals surface area (Å²) in [4.78, 5) is 38.7. The number of fused-ring (bicyclic) bond motifs is 1. The molecule has 1 fully saturated rings. The molecule has 36 heavy (non-hydrogen) atoms. The number of hydrogen-bond donors (Lipinski definition) is 0. The fourth-order valence-corrected chi connectivity index (χ4v) is 4.56. The lowest BCUT2D eigenvalue weighted by Gasteiger charge is -2.44. The number of carbonyl (C=O) groups excluding carboxylic acids is 1. The Morgan fingerprint density at radius 2 is 1.61 bits per heavy atom. The van der Waals surface area contributed by atoms with Crippen LogP contribution in [0.5, 0.6) is 5.75 Å². The molecule has 4 rings (SSSR count). The number of nitrogens with zero attached hydrogens (tertiary/aromatic N) is 4. The molecule has 2 unspecified atom stereocenters. The first-order chi connectivity index (χ1) is 17.2. The van der Waals surface area contributed by atoms with Crippen molar-refractivity contribution in [2.24, 2.45) is 0 Å². The molecule has 1 aliphatic heterocycles. The summed E-state index contributed by atoms with van der Waals surface area (Å²) in [7, 11) is 0. The third kappa shape index (κ3) is 5.10. The zero-order valence-corrected chi connectivity index (χ0v) is 19.8. The molecule has 0 saturated carbocycles. The highest BCUT2D eigenvalue weighted by molar-refractivity contribution is 5.99. The summed E-state index contributed by atoms with van der Waals surface area (Å²) in [6.45, 7) is 5.08. The fraction of sp³-hybridized carbons (Fsp3) is 0.320. The minimum atomic E-state index is -0.752. The standard InChI is InChI=1S/C25H25FN4O6/c1-16-13-28(17(2)12-27(16)14-18-7-9-19(26)10-8-18)24(31)15-36-25-21-6-4-3-5-20(21)22(29(32)33)11-23(25)30(34)35/h3-11,16-17H,12-15H2,1-2H3. The number of piperazine rings is 1. The molecule has 1 saturated heterocycles. The molecule has 1 aliphatic rings. The maximum absolute atomic E-state index is 13.2. The van der Waals surface area contributed by atoms with Crippen LogP contribution in [0.15, 0.2) is 54.6 Å². The van der Waals surface area contributed by atoms with Crippen LogP contribution in [-0.4, -0.2) is 57.3 Å². The molecule has 0 spiro atoms. The van der Waals surface area contributed by atoms with E-state index >= 15 is 0 Å². The van der Waals surface area contributed by atoms with E-state index in [2.05, 4.69) is 4.90 Å². The van der Waals surface area contributed by atoms with Crippen molar-refractivity contribution in [3.05, 3.63) is 86.2 Å². The van der Waals surface area contributed by atoms with E-state index in [-0.39, 0.29) is 40.3 Å². The van der Waals surface area contributed by atoms with Crippen molar-refractivity contribution in [2.75, 3.05) is 19.7 Å². The normalized spacial score (nSPS) is 18.2. The van der Waals surface area contributed by atoms with E-state index in [0.29, 0.717) is 19.6 Å². The number of amides is 1. The highest BCUT2D eigenvalue weighted by atomic mass is 19.1. The fourth-order valence-electron chi connectivity index (χ4n) is 4.56. The van der Waals surface area contributed by atoms with Gasteiger partial charge >= 0.3 is 5.69 Å². The maximum atomic E-state index is 13.2. The molecule has 3 aromatic carbocycles. The summed E-state index contributed by atoms with van der Waals surface area (Å²) < 4.78 is 18.9. The molecule has 1 heterocycles. The largest absolute Gasteiger partial charge is 0.476 e. The molecular formula is C25H25FN4O6. The van der Waals surface area contributed by atoms with Crippen molar-refractivity contribution in [3.8, 4) is 5.75 Å². The first kappa shape index (κ1) is 25.0.